The summed E-state index contributed by atoms with van der Waals surface area (Å²) >= 11 is 6.62. The quantitative estimate of drug-likeness (QED) is 0.317. The number of nitrogens with one attached hydrogen (secondary N) is 1. The molecular formula is C31H39ClFN3O6. The van der Waals surface area contributed by atoms with Gasteiger partial charge in [0.2, 0.25) is 0 Å². The molecule has 1 aromatic carbocycles. The minimum atomic E-state index is -0.578. The SMILES string of the molecule is CCCC(CC1CO[C@@H]2C(O)CO[C@H]12)=Nc1nc(NC2CCc3cc(OCC4(CO)COC4)cc(F)c32)c(Cl)cc1C. The molecule has 0 spiro atoms. The van der Waals surface area contributed by atoms with Crippen molar-refractivity contribution in [3.8, 4) is 5.75 Å². The standard InChI is InChI=1S/C31H39ClFN3O6/c1-3-4-20(8-19-11-40-28-25(38)12-41-27(19)28)34-29-17(2)7-22(32)30(36-29)35-24-6-5-18-9-21(10-23(33)26(18)24)42-16-31(13-37)14-39-15-31/h7,9-10,19,24-25,27-28,37-38H,3-6,8,11-16H2,1-2H3,(H,35,36)/t19?,24?,25?,27-,28-/m1/s1. The van der Waals surface area contributed by atoms with Crippen LogP contribution in [0.2, 0.25) is 5.02 Å². The Morgan fingerprint density at radius 1 is 1.24 bits per heavy atom. The van der Waals surface area contributed by atoms with Gasteiger partial charge in [0.15, 0.2) is 5.82 Å². The van der Waals surface area contributed by atoms with Crippen molar-refractivity contribution in [2.45, 2.75) is 70.3 Å². The van der Waals surface area contributed by atoms with Gasteiger partial charge in [-0.1, -0.05) is 24.9 Å². The molecule has 3 unspecified atom stereocenters. The highest BCUT2D eigenvalue weighted by molar-refractivity contribution is 6.33. The number of ether oxygens (including phenoxy) is 4. The van der Waals surface area contributed by atoms with Crippen LogP contribution in [-0.2, 0) is 20.6 Å². The number of aromatic nitrogens is 1. The lowest BCUT2D eigenvalue weighted by Crippen LogP contribution is -2.49. The summed E-state index contributed by atoms with van der Waals surface area (Å²) in [4.78, 5) is 9.77. The van der Waals surface area contributed by atoms with E-state index < -0.39 is 11.5 Å². The third kappa shape index (κ3) is 5.89. The fraction of sp³-hybridized carbons (Fsp3) is 0.613. The fourth-order valence-corrected chi connectivity index (χ4v) is 6.65. The van der Waals surface area contributed by atoms with E-state index >= 15 is 4.39 Å². The van der Waals surface area contributed by atoms with Gasteiger partial charge in [-0.25, -0.2) is 14.4 Å². The van der Waals surface area contributed by atoms with Gasteiger partial charge in [0.25, 0.3) is 0 Å². The second kappa shape index (κ2) is 12.3. The predicted octanol–water partition coefficient (Wildman–Crippen LogP) is 4.71. The molecule has 0 bridgehead atoms. The topological polar surface area (TPSA) is 115 Å². The fourth-order valence-electron chi connectivity index (χ4n) is 6.39. The molecule has 2 aromatic rings. The van der Waals surface area contributed by atoms with Crippen LogP contribution in [-0.4, -0.2) is 78.9 Å². The molecule has 11 heteroatoms. The molecule has 5 atom stereocenters. The lowest BCUT2D eigenvalue weighted by atomic mass is 9.88. The Morgan fingerprint density at radius 2 is 2.05 bits per heavy atom. The Hall–Kier alpha value is -2.34. The highest BCUT2D eigenvalue weighted by Gasteiger charge is 2.47. The molecule has 0 amide bonds. The van der Waals surface area contributed by atoms with Gasteiger partial charge in [0, 0.05) is 23.3 Å². The zero-order chi connectivity index (χ0) is 29.4. The number of benzene rings is 1. The highest BCUT2D eigenvalue weighted by atomic mass is 35.5. The van der Waals surface area contributed by atoms with E-state index in [2.05, 4.69) is 12.2 Å². The zero-order valence-electron chi connectivity index (χ0n) is 24.1. The maximum Gasteiger partial charge on any atom is 0.157 e. The minimum absolute atomic E-state index is 0.0305. The Bertz CT molecular complexity index is 1330. The van der Waals surface area contributed by atoms with Crippen molar-refractivity contribution in [2.24, 2.45) is 16.3 Å². The molecule has 42 heavy (non-hydrogen) atoms. The first-order valence-corrected chi connectivity index (χ1v) is 15.2. The van der Waals surface area contributed by atoms with Gasteiger partial charge in [-0.3, -0.25) is 0 Å². The first-order valence-electron chi connectivity index (χ1n) is 14.8. The largest absolute Gasteiger partial charge is 0.493 e. The number of aliphatic hydroxyl groups excluding tert-OH is 2. The van der Waals surface area contributed by atoms with Crippen molar-refractivity contribution < 1.29 is 33.6 Å². The maximum absolute atomic E-state index is 15.4. The molecule has 3 N–H and O–H groups in total. The van der Waals surface area contributed by atoms with E-state index in [0.29, 0.717) is 73.7 Å². The average Bonchev–Trinajstić information content (AvgIpc) is 3.64. The van der Waals surface area contributed by atoms with Crippen molar-refractivity contribution in [3.63, 3.8) is 0 Å². The summed E-state index contributed by atoms with van der Waals surface area (Å²) in [7, 11) is 0. The molecule has 3 aliphatic heterocycles. The van der Waals surface area contributed by atoms with Crippen LogP contribution in [0.15, 0.2) is 23.2 Å². The molecular weight excluding hydrogens is 565 g/mol. The number of rotatable bonds is 11. The molecule has 4 heterocycles. The number of aliphatic imine (C=N–C) groups is 1. The molecule has 4 aliphatic rings. The summed E-state index contributed by atoms with van der Waals surface area (Å²) in [6.45, 7) is 6.00. The smallest absolute Gasteiger partial charge is 0.157 e. The number of pyridine rings is 1. The van der Waals surface area contributed by atoms with Crippen molar-refractivity contribution >= 4 is 28.9 Å². The molecule has 0 radical (unpaired) electrons. The second-order valence-corrected chi connectivity index (χ2v) is 12.6. The zero-order valence-corrected chi connectivity index (χ0v) is 24.8. The van der Waals surface area contributed by atoms with E-state index in [1.54, 1.807) is 0 Å². The third-order valence-electron chi connectivity index (χ3n) is 8.82. The number of anilines is 1. The van der Waals surface area contributed by atoms with Crippen molar-refractivity contribution in [1.29, 1.82) is 0 Å². The van der Waals surface area contributed by atoms with Crippen LogP contribution < -0.4 is 10.1 Å². The summed E-state index contributed by atoms with van der Waals surface area (Å²) in [6, 6.07) is 4.84. The number of nitrogens with zero attached hydrogens (tertiary/aromatic N) is 2. The van der Waals surface area contributed by atoms with Crippen molar-refractivity contribution in [2.75, 3.05) is 45.0 Å². The van der Waals surface area contributed by atoms with E-state index in [9.17, 15) is 10.2 Å². The number of fused-ring (bicyclic) bond motifs is 2. The van der Waals surface area contributed by atoms with Crippen LogP contribution in [0, 0.1) is 24.1 Å². The maximum atomic E-state index is 15.4. The molecule has 6 rings (SSSR count). The van der Waals surface area contributed by atoms with Crippen LogP contribution in [0.25, 0.3) is 0 Å². The van der Waals surface area contributed by atoms with Crippen molar-refractivity contribution in [3.05, 3.63) is 45.7 Å². The molecule has 1 aromatic heterocycles. The first kappa shape index (κ1) is 29.7. The Labute approximate surface area is 250 Å². The lowest BCUT2D eigenvalue weighted by molar-refractivity contribution is -0.153. The van der Waals surface area contributed by atoms with Crippen LogP contribution in [0.1, 0.15) is 55.3 Å². The summed E-state index contributed by atoms with van der Waals surface area (Å²) in [6.07, 6.45) is 2.85. The summed E-state index contributed by atoms with van der Waals surface area (Å²) in [5.74, 6) is 1.29. The van der Waals surface area contributed by atoms with Crippen molar-refractivity contribution in [1.82, 2.24) is 4.98 Å². The van der Waals surface area contributed by atoms with Crippen LogP contribution in [0.4, 0.5) is 16.0 Å². The Balaban J connectivity index is 1.18. The lowest BCUT2D eigenvalue weighted by Gasteiger charge is -2.39. The van der Waals surface area contributed by atoms with Crippen LogP contribution >= 0.6 is 11.6 Å². The normalized spacial score (nSPS) is 28.0. The second-order valence-electron chi connectivity index (χ2n) is 12.2. The van der Waals surface area contributed by atoms with E-state index in [4.69, 9.17) is 40.5 Å². The van der Waals surface area contributed by atoms with Gasteiger partial charge in [0.05, 0.1) is 55.6 Å². The predicted molar refractivity (Wildman–Crippen MR) is 156 cm³/mol. The molecule has 228 valence electrons. The number of hydrogen-bond acceptors (Lipinski definition) is 9. The number of hydrogen-bond donors (Lipinski definition) is 3. The van der Waals surface area contributed by atoms with Crippen LogP contribution in [0.3, 0.4) is 0 Å². The number of halogens is 2. The Morgan fingerprint density at radius 3 is 2.79 bits per heavy atom. The highest BCUT2D eigenvalue weighted by Crippen LogP contribution is 2.40. The minimum Gasteiger partial charge on any atom is -0.493 e. The van der Waals surface area contributed by atoms with Gasteiger partial charge in [0.1, 0.15) is 36.2 Å². The number of aryl methyl sites for hydroxylation is 2. The average molecular weight is 604 g/mol. The van der Waals surface area contributed by atoms with Gasteiger partial charge < -0.3 is 34.5 Å². The van der Waals surface area contributed by atoms with Gasteiger partial charge in [-0.05, 0) is 55.9 Å². The van der Waals surface area contributed by atoms with E-state index in [1.807, 2.05) is 19.1 Å². The van der Waals surface area contributed by atoms with E-state index in [-0.39, 0.29) is 43.2 Å². The summed E-state index contributed by atoms with van der Waals surface area (Å²) < 4.78 is 38.2. The van der Waals surface area contributed by atoms with Gasteiger partial charge in [-0.2, -0.15) is 0 Å². The molecule has 1 aliphatic carbocycles. The number of aliphatic hydroxyl groups is 2. The summed E-state index contributed by atoms with van der Waals surface area (Å²) in [5.41, 5.74) is 2.92. The van der Waals surface area contributed by atoms with Crippen LogP contribution in [0.5, 0.6) is 5.75 Å². The molecule has 3 fully saturated rings. The van der Waals surface area contributed by atoms with Gasteiger partial charge >= 0.3 is 0 Å². The summed E-state index contributed by atoms with van der Waals surface area (Å²) in [5, 5.41) is 23.6. The van der Waals surface area contributed by atoms with Gasteiger partial charge in [-0.15, -0.1) is 0 Å². The van der Waals surface area contributed by atoms with E-state index in [0.717, 1.165) is 29.7 Å². The molecule has 3 saturated heterocycles. The first-order chi connectivity index (χ1) is 20.3. The third-order valence-corrected chi connectivity index (χ3v) is 9.11. The van der Waals surface area contributed by atoms with E-state index in [1.165, 1.54) is 6.07 Å². The monoisotopic (exact) mass is 603 g/mol. The molecule has 9 nitrogen and oxygen atoms in total. The Kier molecular flexibility index (Phi) is 8.73. The molecule has 0 saturated carbocycles.